The van der Waals surface area contributed by atoms with E-state index in [0.717, 1.165) is 24.9 Å². The Labute approximate surface area is 189 Å². The molecule has 164 valence electrons. The molecule has 0 aliphatic carbocycles. The van der Waals surface area contributed by atoms with Crippen molar-refractivity contribution in [2.45, 2.75) is 13.3 Å². The van der Waals surface area contributed by atoms with Crippen LogP contribution in [0.5, 0.6) is 0 Å². The Morgan fingerprint density at radius 1 is 1.26 bits per heavy atom. The van der Waals surface area contributed by atoms with Gasteiger partial charge in [0, 0.05) is 45.3 Å². The van der Waals surface area contributed by atoms with E-state index in [1.807, 2.05) is 13.1 Å². The summed E-state index contributed by atoms with van der Waals surface area (Å²) < 4.78 is 1.76. The number of aromatic nitrogens is 1. The van der Waals surface area contributed by atoms with Gasteiger partial charge in [-0.1, -0.05) is 24.0 Å². The largest absolute Gasteiger partial charge is 0.481 e. The highest BCUT2D eigenvalue weighted by atomic mass is 32.2. The number of aliphatic carboxylic acids is 1. The Bertz CT molecular complexity index is 1080. The topological polar surface area (TPSA) is 110 Å². The second kappa shape index (κ2) is 9.21. The standard InChI is InChI=1S/C20H23N5O4S2/c1-12-13(10-15-19(29)25(20(30)31-15)5-4-16(26)27)17(23(3)18(28)14(12)11-21)24-8-6-22(2)7-9-24/h10H,4-9H2,1-3H3,(H,26,27)/b15-10-. The number of pyridine rings is 1. The van der Waals surface area contributed by atoms with Gasteiger partial charge in [-0.15, -0.1) is 0 Å². The maximum absolute atomic E-state index is 12.9. The lowest BCUT2D eigenvalue weighted by Crippen LogP contribution is -2.46. The lowest BCUT2D eigenvalue weighted by molar-refractivity contribution is -0.137. The summed E-state index contributed by atoms with van der Waals surface area (Å²) in [4.78, 5) is 42.5. The van der Waals surface area contributed by atoms with Gasteiger partial charge in [-0.05, 0) is 25.6 Å². The number of hydrogen-bond acceptors (Lipinski definition) is 8. The van der Waals surface area contributed by atoms with Crippen molar-refractivity contribution in [2.24, 2.45) is 7.05 Å². The fraction of sp³-hybridized carbons (Fsp3) is 0.450. The molecule has 0 unspecified atom stereocenters. The molecule has 0 bridgehead atoms. The van der Waals surface area contributed by atoms with E-state index in [4.69, 9.17) is 17.3 Å². The number of rotatable bonds is 5. The van der Waals surface area contributed by atoms with E-state index in [9.17, 15) is 19.6 Å². The van der Waals surface area contributed by atoms with E-state index in [2.05, 4.69) is 9.80 Å². The number of hydrogen-bond donors (Lipinski definition) is 1. The third-order valence-corrected chi connectivity index (χ3v) is 6.85. The minimum Gasteiger partial charge on any atom is -0.481 e. The number of nitrogens with zero attached hydrogens (tertiary/aromatic N) is 5. The summed E-state index contributed by atoms with van der Waals surface area (Å²) in [5, 5.41) is 18.5. The Kier molecular flexibility index (Phi) is 6.83. The van der Waals surface area contributed by atoms with Crippen LogP contribution in [-0.2, 0) is 16.6 Å². The van der Waals surface area contributed by atoms with E-state index >= 15 is 0 Å². The highest BCUT2D eigenvalue weighted by molar-refractivity contribution is 8.26. The molecule has 0 aromatic carbocycles. The molecule has 0 saturated carbocycles. The molecule has 11 heteroatoms. The van der Waals surface area contributed by atoms with Crippen LogP contribution in [0.25, 0.3) is 6.08 Å². The van der Waals surface area contributed by atoms with Crippen molar-refractivity contribution in [1.29, 1.82) is 5.26 Å². The maximum atomic E-state index is 12.9. The first-order valence-corrected chi connectivity index (χ1v) is 10.9. The Morgan fingerprint density at radius 3 is 2.48 bits per heavy atom. The van der Waals surface area contributed by atoms with Gasteiger partial charge in [0.2, 0.25) is 0 Å². The zero-order valence-corrected chi connectivity index (χ0v) is 19.2. The van der Waals surface area contributed by atoms with Crippen LogP contribution in [0, 0.1) is 18.3 Å². The second-order valence-electron chi connectivity index (χ2n) is 7.48. The van der Waals surface area contributed by atoms with Crippen LogP contribution in [0.1, 0.15) is 23.1 Å². The van der Waals surface area contributed by atoms with Gasteiger partial charge in [0.1, 0.15) is 21.8 Å². The summed E-state index contributed by atoms with van der Waals surface area (Å²) in [6.07, 6.45) is 1.47. The molecular weight excluding hydrogens is 438 g/mol. The van der Waals surface area contributed by atoms with Crippen LogP contribution in [-0.4, -0.2) is 75.4 Å². The maximum Gasteiger partial charge on any atom is 0.305 e. The molecular formula is C20H23N5O4S2. The average molecular weight is 462 g/mol. The minimum absolute atomic E-state index is 0.00163. The van der Waals surface area contributed by atoms with Crippen LogP contribution in [0.3, 0.4) is 0 Å². The van der Waals surface area contributed by atoms with Crippen molar-refractivity contribution in [2.75, 3.05) is 44.7 Å². The van der Waals surface area contributed by atoms with Gasteiger partial charge >= 0.3 is 5.97 Å². The van der Waals surface area contributed by atoms with Crippen molar-refractivity contribution in [3.63, 3.8) is 0 Å². The molecule has 9 nitrogen and oxygen atoms in total. The quantitative estimate of drug-likeness (QED) is 0.507. The Hall–Kier alpha value is -2.68. The van der Waals surface area contributed by atoms with Crippen LogP contribution >= 0.6 is 24.0 Å². The van der Waals surface area contributed by atoms with Gasteiger partial charge in [0.15, 0.2) is 0 Å². The molecule has 2 aliphatic heterocycles. The van der Waals surface area contributed by atoms with Gasteiger partial charge < -0.3 is 14.9 Å². The van der Waals surface area contributed by atoms with Crippen LogP contribution in [0.4, 0.5) is 5.82 Å². The van der Waals surface area contributed by atoms with Gasteiger partial charge in [-0.3, -0.25) is 23.9 Å². The van der Waals surface area contributed by atoms with Gasteiger partial charge in [0.25, 0.3) is 11.5 Å². The van der Waals surface area contributed by atoms with E-state index in [1.54, 1.807) is 20.0 Å². The average Bonchev–Trinajstić information content (AvgIpc) is 2.99. The number of thioether (sulfide) groups is 1. The van der Waals surface area contributed by atoms with E-state index in [1.165, 1.54) is 9.47 Å². The molecule has 3 heterocycles. The normalized spacial score (nSPS) is 18.7. The summed E-state index contributed by atoms with van der Waals surface area (Å²) in [5.41, 5.74) is 0.797. The van der Waals surface area contributed by atoms with Crippen LogP contribution in [0.2, 0.25) is 0 Å². The molecule has 2 saturated heterocycles. The minimum atomic E-state index is -1.01. The lowest BCUT2D eigenvalue weighted by Gasteiger charge is -2.36. The van der Waals surface area contributed by atoms with Crippen molar-refractivity contribution >= 4 is 52.1 Å². The number of thiocarbonyl (C=S) groups is 1. The molecule has 0 radical (unpaired) electrons. The summed E-state index contributed by atoms with van der Waals surface area (Å²) in [5.74, 6) is -0.722. The molecule has 1 amide bonds. The third-order valence-electron chi connectivity index (χ3n) is 5.47. The second-order valence-corrected chi connectivity index (χ2v) is 9.16. The van der Waals surface area contributed by atoms with Crippen molar-refractivity contribution in [3.05, 3.63) is 31.9 Å². The van der Waals surface area contributed by atoms with Crippen LogP contribution < -0.4 is 10.5 Å². The zero-order chi connectivity index (χ0) is 22.9. The highest BCUT2D eigenvalue weighted by Crippen LogP contribution is 2.35. The van der Waals surface area contributed by atoms with E-state index < -0.39 is 5.97 Å². The Morgan fingerprint density at radius 2 is 1.90 bits per heavy atom. The predicted molar refractivity (Wildman–Crippen MR) is 123 cm³/mol. The summed E-state index contributed by atoms with van der Waals surface area (Å²) in [6, 6.07) is 1.99. The summed E-state index contributed by atoms with van der Waals surface area (Å²) in [7, 11) is 3.66. The first-order valence-electron chi connectivity index (χ1n) is 9.70. The number of nitriles is 1. The number of carbonyl (C=O) groups excluding carboxylic acids is 1. The fourth-order valence-corrected chi connectivity index (χ4v) is 4.93. The number of anilines is 1. The highest BCUT2D eigenvalue weighted by Gasteiger charge is 2.33. The number of amides is 1. The molecule has 2 aliphatic rings. The molecule has 3 rings (SSSR count). The van der Waals surface area contributed by atoms with Gasteiger partial charge in [0.05, 0.1) is 11.3 Å². The van der Waals surface area contributed by atoms with Crippen LogP contribution in [0.15, 0.2) is 9.70 Å². The fourth-order valence-electron chi connectivity index (χ4n) is 3.64. The summed E-state index contributed by atoms with van der Waals surface area (Å²) in [6.45, 7) is 4.76. The van der Waals surface area contributed by atoms with E-state index in [0.29, 0.717) is 39.3 Å². The molecule has 2 fully saturated rings. The number of carboxylic acid groups (broad SMARTS) is 1. The first-order chi connectivity index (χ1) is 14.6. The number of likely N-dealkylation sites (N-methyl/N-ethyl adjacent to an activating group) is 1. The lowest BCUT2D eigenvalue weighted by atomic mass is 10.0. The number of piperazine rings is 1. The Balaban J connectivity index is 2.10. The zero-order valence-electron chi connectivity index (χ0n) is 17.5. The molecule has 1 aromatic heterocycles. The van der Waals surface area contributed by atoms with Crippen molar-refractivity contribution in [3.8, 4) is 6.07 Å². The smallest absolute Gasteiger partial charge is 0.305 e. The molecule has 31 heavy (non-hydrogen) atoms. The first kappa shape index (κ1) is 23.0. The van der Waals surface area contributed by atoms with Crippen molar-refractivity contribution in [1.82, 2.24) is 14.4 Å². The SMILES string of the molecule is Cc1c(/C=C2\SC(=S)N(CCC(=O)O)C2=O)c(N2CCN(C)CC2)n(C)c(=O)c1C#N. The molecule has 0 spiro atoms. The monoisotopic (exact) mass is 461 g/mol. The number of carboxylic acids is 1. The number of carbonyl (C=O) groups is 2. The summed E-state index contributed by atoms with van der Waals surface area (Å²) >= 11 is 6.37. The third kappa shape index (κ3) is 4.51. The van der Waals surface area contributed by atoms with Crippen molar-refractivity contribution < 1.29 is 14.7 Å². The molecule has 0 atom stereocenters. The van der Waals surface area contributed by atoms with E-state index in [-0.39, 0.29) is 30.0 Å². The van der Waals surface area contributed by atoms with Gasteiger partial charge in [-0.25, -0.2) is 0 Å². The molecule has 1 N–H and O–H groups in total. The van der Waals surface area contributed by atoms with Gasteiger partial charge in [-0.2, -0.15) is 5.26 Å². The predicted octanol–water partition coefficient (Wildman–Crippen LogP) is 0.993. The molecule has 1 aromatic rings.